The van der Waals surface area contributed by atoms with Crippen molar-refractivity contribution in [3.05, 3.63) is 102 Å². The van der Waals surface area contributed by atoms with E-state index in [1.54, 1.807) is 60.7 Å². The fraction of sp³-hybridized carbons (Fsp3) is 0.167. The molecule has 0 aromatic heterocycles. The highest BCUT2D eigenvalue weighted by Gasteiger charge is 2.42. The zero-order valence-electron chi connectivity index (χ0n) is 17.4. The first-order chi connectivity index (χ1) is 15.2. The molecule has 0 aliphatic heterocycles. The van der Waals surface area contributed by atoms with Gasteiger partial charge >= 0.3 is 5.97 Å². The third-order valence-corrected chi connectivity index (χ3v) is 6.19. The lowest BCUT2D eigenvalue weighted by Gasteiger charge is -2.30. The summed E-state index contributed by atoms with van der Waals surface area (Å²) in [6.45, 7) is 1.03. The van der Waals surface area contributed by atoms with Gasteiger partial charge in [-0.2, -0.15) is 8.42 Å². The maximum atomic E-state index is 12.8. The Morgan fingerprint density at radius 2 is 1.47 bits per heavy atom. The van der Waals surface area contributed by atoms with E-state index < -0.39 is 34.1 Å². The van der Waals surface area contributed by atoms with Gasteiger partial charge in [-0.05, 0) is 36.8 Å². The lowest BCUT2D eigenvalue weighted by atomic mass is 9.91. The van der Waals surface area contributed by atoms with E-state index in [1.165, 1.54) is 24.3 Å². The van der Waals surface area contributed by atoms with Crippen molar-refractivity contribution in [1.82, 2.24) is 5.32 Å². The van der Waals surface area contributed by atoms with Gasteiger partial charge < -0.3 is 10.4 Å². The van der Waals surface area contributed by atoms with Gasteiger partial charge in [0.25, 0.3) is 16.0 Å². The van der Waals surface area contributed by atoms with Gasteiger partial charge in [0.15, 0.2) is 5.54 Å². The second-order valence-electron chi connectivity index (χ2n) is 7.40. The molecular formula is C24H23NO6S. The summed E-state index contributed by atoms with van der Waals surface area (Å²) in [7, 11) is -4.25. The Bertz CT molecular complexity index is 1180. The number of carbonyl (C=O) groups is 2. The van der Waals surface area contributed by atoms with Gasteiger partial charge in [-0.3, -0.25) is 8.98 Å². The monoisotopic (exact) mass is 453 g/mol. The van der Waals surface area contributed by atoms with Crippen LogP contribution in [0.4, 0.5) is 0 Å². The highest BCUT2D eigenvalue weighted by atomic mass is 32.2. The Kier molecular flexibility index (Phi) is 7.07. The molecule has 0 aliphatic rings. The van der Waals surface area contributed by atoms with Gasteiger partial charge in [0.05, 0.1) is 4.90 Å². The van der Waals surface area contributed by atoms with E-state index in [4.69, 9.17) is 4.18 Å². The molecule has 32 heavy (non-hydrogen) atoms. The number of carboxylic acid groups (broad SMARTS) is 1. The highest BCUT2D eigenvalue weighted by molar-refractivity contribution is 7.86. The van der Waals surface area contributed by atoms with Gasteiger partial charge in [-0.15, -0.1) is 0 Å². The molecule has 0 heterocycles. The summed E-state index contributed by atoms with van der Waals surface area (Å²) in [5.74, 6) is -2.06. The van der Waals surface area contributed by atoms with Crippen LogP contribution in [0.1, 0.15) is 21.5 Å². The summed E-state index contributed by atoms with van der Waals surface area (Å²) >= 11 is 0. The summed E-state index contributed by atoms with van der Waals surface area (Å²) in [5, 5.41) is 12.6. The predicted octanol–water partition coefficient (Wildman–Crippen LogP) is 3.20. The minimum atomic E-state index is -4.25. The number of carboxylic acids is 1. The number of hydrogen-bond donors (Lipinski definition) is 2. The van der Waals surface area contributed by atoms with Gasteiger partial charge in [-0.25, -0.2) is 4.79 Å². The Balaban J connectivity index is 1.93. The molecule has 3 aromatic rings. The van der Waals surface area contributed by atoms with Crippen LogP contribution >= 0.6 is 0 Å². The molecular weight excluding hydrogens is 430 g/mol. The summed E-state index contributed by atoms with van der Waals surface area (Å²) in [6.07, 6.45) is -0.175. The van der Waals surface area contributed by atoms with Crippen LogP contribution in [0, 0.1) is 6.92 Å². The lowest BCUT2D eigenvalue weighted by Crippen LogP contribution is -2.59. The zero-order valence-corrected chi connectivity index (χ0v) is 18.2. The second kappa shape index (κ2) is 9.76. The quantitative estimate of drug-likeness (QED) is 0.482. The molecule has 166 valence electrons. The lowest BCUT2D eigenvalue weighted by molar-refractivity contribution is -0.145. The van der Waals surface area contributed by atoms with Gasteiger partial charge in [0.1, 0.15) is 6.61 Å². The number of rotatable bonds is 9. The molecule has 2 N–H and O–H groups in total. The van der Waals surface area contributed by atoms with Crippen LogP contribution < -0.4 is 5.32 Å². The molecule has 0 radical (unpaired) electrons. The van der Waals surface area contributed by atoms with Crippen LogP contribution in [0.15, 0.2) is 89.8 Å². The number of aliphatic carboxylic acids is 1. The number of carbonyl (C=O) groups excluding carboxylic acids is 1. The summed E-state index contributed by atoms with van der Waals surface area (Å²) in [5.41, 5.74) is -0.318. The fourth-order valence-corrected chi connectivity index (χ4v) is 4.06. The van der Waals surface area contributed by atoms with Crippen molar-refractivity contribution in [3.63, 3.8) is 0 Å². The maximum Gasteiger partial charge on any atom is 0.332 e. The molecule has 1 amide bonds. The van der Waals surface area contributed by atoms with E-state index in [-0.39, 0.29) is 16.9 Å². The fourth-order valence-electron chi connectivity index (χ4n) is 3.10. The van der Waals surface area contributed by atoms with Crippen LogP contribution in [0.2, 0.25) is 0 Å². The van der Waals surface area contributed by atoms with Crippen molar-refractivity contribution in [2.75, 3.05) is 6.61 Å². The summed E-state index contributed by atoms with van der Waals surface area (Å²) in [6, 6.07) is 22.7. The third-order valence-electron chi connectivity index (χ3n) is 4.92. The molecule has 1 atom stereocenters. The van der Waals surface area contributed by atoms with Crippen LogP contribution in [0.25, 0.3) is 0 Å². The zero-order chi connectivity index (χ0) is 23.2. The molecule has 0 spiro atoms. The minimum Gasteiger partial charge on any atom is -0.479 e. The Morgan fingerprint density at radius 3 is 2.03 bits per heavy atom. The molecule has 0 aliphatic carbocycles. The van der Waals surface area contributed by atoms with Crippen molar-refractivity contribution in [1.29, 1.82) is 0 Å². The first-order valence-electron chi connectivity index (χ1n) is 9.83. The van der Waals surface area contributed by atoms with Crippen molar-refractivity contribution in [2.45, 2.75) is 23.8 Å². The van der Waals surface area contributed by atoms with E-state index in [2.05, 4.69) is 5.32 Å². The van der Waals surface area contributed by atoms with E-state index in [0.29, 0.717) is 5.56 Å². The predicted molar refractivity (Wildman–Crippen MR) is 119 cm³/mol. The van der Waals surface area contributed by atoms with Crippen LogP contribution in [0.3, 0.4) is 0 Å². The number of benzene rings is 3. The first kappa shape index (κ1) is 23.2. The number of hydrogen-bond acceptors (Lipinski definition) is 5. The Morgan fingerprint density at radius 1 is 0.906 bits per heavy atom. The SMILES string of the molecule is Cc1ccc(S(=O)(=O)OC[C@](Cc2ccccc2)(NC(=O)c2ccccc2)C(=O)O)cc1. The normalized spacial score (nSPS) is 13.2. The van der Waals surface area contributed by atoms with E-state index >= 15 is 0 Å². The summed E-state index contributed by atoms with van der Waals surface area (Å²) in [4.78, 5) is 25.1. The number of nitrogens with one attached hydrogen (secondary N) is 1. The van der Waals surface area contributed by atoms with E-state index in [0.717, 1.165) is 5.56 Å². The van der Waals surface area contributed by atoms with Gasteiger partial charge in [0, 0.05) is 12.0 Å². The molecule has 3 aromatic carbocycles. The van der Waals surface area contributed by atoms with Crippen LogP contribution in [-0.2, 0) is 25.5 Å². The average molecular weight is 454 g/mol. The first-order valence-corrected chi connectivity index (χ1v) is 11.2. The standard InChI is InChI=1S/C24H23NO6S/c1-18-12-14-21(15-13-18)32(29,30)31-17-24(23(27)28,16-19-8-4-2-5-9-19)25-22(26)20-10-6-3-7-11-20/h2-15H,16-17H2,1H3,(H,25,26)(H,27,28)/t24-/m0/s1. The molecule has 0 fully saturated rings. The Labute approximate surface area is 186 Å². The van der Waals surface area contributed by atoms with Crippen molar-refractivity contribution in [2.24, 2.45) is 0 Å². The van der Waals surface area contributed by atoms with E-state index in [9.17, 15) is 23.1 Å². The smallest absolute Gasteiger partial charge is 0.332 e. The van der Waals surface area contributed by atoms with Crippen LogP contribution in [0.5, 0.6) is 0 Å². The summed E-state index contributed by atoms with van der Waals surface area (Å²) < 4.78 is 30.6. The largest absolute Gasteiger partial charge is 0.479 e. The minimum absolute atomic E-state index is 0.100. The van der Waals surface area contributed by atoms with Crippen molar-refractivity contribution in [3.8, 4) is 0 Å². The molecule has 0 saturated heterocycles. The average Bonchev–Trinajstić information content (AvgIpc) is 2.79. The number of aryl methyl sites for hydroxylation is 1. The Hall–Kier alpha value is -3.49. The molecule has 8 heteroatoms. The van der Waals surface area contributed by atoms with Gasteiger partial charge in [0.2, 0.25) is 0 Å². The van der Waals surface area contributed by atoms with E-state index in [1.807, 2.05) is 6.92 Å². The second-order valence-corrected chi connectivity index (χ2v) is 9.01. The van der Waals surface area contributed by atoms with Gasteiger partial charge in [-0.1, -0.05) is 66.2 Å². The van der Waals surface area contributed by atoms with Crippen LogP contribution in [-0.4, -0.2) is 37.5 Å². The van der Waals surface area contributed by atoms with Crippen molar-refractivity contribution < 1.29 is 27.3 Å². The molecule has 0 saturated carbocycles. The molecule has 7 nitrogen and oxygen atoms in total. The molecule has 0 unspecified atom stereocenters. The number of amides is 1. The third kappa shape index (κ3) is 5.60. The van der Waals surface area contributed by atoms with Crippen molar-refractivity contribution >= 4 is 22.0 Å². The topological polar surface area (TPSA) is 110 Å². The molecule has 3 rings (SSSR count). The highest BCUT2D eigenvalue weighted by Crippen LogP contribution is 2.21. The maximum absolute atomic E-state index is 12.8. The molecule has 0 bridgehead atoms.